The number of fused-ring (bicyclic) bond motifs is 1. The minimum absolute atomic E-state index is 0.0571. The van der Waals surface area contributed by atoms with Gasteiger partial charge in [0.25, 0.3) is 0 Å². The Kier molecular flexibility index (Phi) is 5.20. The summed E-state index contributed by atoms with van der Waals surface area (Å²) in [5.74, 6) is 0.564. The molecule has 0 bridgehead atoms. The van der Waals surface area contributed by atoms with Gasteiger partial charge in [-0.05, 0) is 32.1 Å². The first-order valence-corrected chi connectivity index (χ1v) is 11.9. The zero-order valence-corrected chi connectivity index (χ0v) is 17.7. The van der Waals surface area contributed by atoms with Crippen molar-refractivity contribution in [3.05, 3.63) is 17.7 Å². The van der Waals surface area contributed by atoms with Gasteiger partial charge in [-0.1, -0.05) is 13.3 Å². The Morgan fingerprint density at radius 3 is 2.43 bits per heavy atom. The van der Waals surface area contributed by atoms with Crippen LogP contribution in [0.2, 0.25) is 0 Å². The zero-order chi connectivity index (χ0) is 21.7. The summed E-state index contributed by atoms with van der Waals surface area (Å²) in [7, 11) is -3.23. The van der Waals surface area contributed by atoms with Crippen LogP contribution < -0.4 is 5.32 Å². The molecule has 1 saturated heterocycles. The highest BCUT2D eigenvalue weighted by atomic mass is 32.2. The number of rotatable bonds is 5. The molecular weight excluding hydrogens is 421 g/mol. The summed E-state index contributed by atoms with van der Waals surface area (Å²) in [5.41, 5.74) is -1.49. The van der Waals surface area contributed by atoms with E-state index in [9.17, 15) is 21.6 Å². The first-order chi connectivity index (χ1) is 14.0. The van der Waals surface area contributed by atoms with Crippen molar-refractivity contribution in [3.8, 4) is 0 Å². The number of imidazole rings is 1. The number of halogens is 3. The standard InChI is InChI=1S/C18H25F3N6O2S/c1-3-17(7-4-8-17)15-24-14(18(19,20)21)13-11-22-16(25-27(13)15)23-12-5-9-26(10-6-12)30(2,28)29/h11-12H,3-10H2,1-2H3,(H,23,25). The summed E-state index contributed by atoms with van der Waals surface area (Å²) in [6.45, 7) is 2.72. The number of sulfonamides is 1. The van der Waals surface area contributed by atoms with Crippen molar-refractivity contribution >= 4 is 21.5 Å². The third-order valence-electron chi connectivity index (χ3n) is 6.38. The lowest BCUT2D eigenvalue weighted by Crippen LogP contribution is -2.42. The van der Waals surface area contributed by atoms with E-state index in [1.807, 2.05) is 6.92 Å². The molecule has 3 heterocycles. The first kappa shape index (κ1) is 21.3. The highest BCUT2D eigenvalue weighted by Gasteiger charge is 2.45. The number of piperidine rings is 1. The lowest BCUT2D eigenvalue weighted by Gasteiger charge is -2.39. The van der Waals surface area contributed by atoms with Crippen molar-refractivity contribution in [1.29, 1.82) is 0 Å². The minimum atomic E-state index is -4.58. The molecule has 1 aliphatic heterocycles. The molecule has 12 heteroatoms. The smallest absolute Gasteiger partial charge is 0.350 e. The number of nitrogens with one attached hydrogen (secondary N) is 1. The molecule has 0 amide bonds. The fourth-order valence-electron chi connectivity index (χ4n) is 4.36. The predicted octanol–water partition coefficient (Wildman–Crippen LogP) is 2.81. The molecule has 2 aliphatic rings. The highest BCUT2D eigenvalue weighted by Crippen LogP contribution is 2.47. The van der Waals surface area contributed by atoms with Gasteiger partial charge in [-0.15, -0.1) is 5.10 Å². The van der Waals surface area contributed by atoms with Crippen molar-refractivity contribution in [2.75, 3.05) is 24.7 Å². The van der Waals surface area contributed by atoms with Gasteiger partial charge in [0, 0.05) is 24.5 Å². The molecule has 0 radical (unpaired) electrons. The molecule has 1 saturated carbocycles. The minimum Gasteiger partial charge on any atom is -0.350 e. The number of alkyl halides is 3. The molecule has 1 N–H and O–H groups in total. The second-order valence-corrected chi connectivity index (χ2v) is 10.2. The lowest BCUT2D eigenvalue weighted by molar-refractivity contribution is -0.139. The van der Waals surface area contributed by atoms with Gasteiger partial charge >= 0.3 is 6.18 Å². The number of anilines is 1. The van der Waals surface area contributed by atoms with Crippen LogP contribution in [-0.4, -0.2) is 57.7 Å². The third kappa shape index (κ3) is 3.75. The molecule has 8 nitrogen and oxygen atoms in total. The molecule has 166 valence electrons. The van der Waals surface area contributed by atoms with Crippen LogP contribution >= 0.6 is 0 Å². The van der Waals surface area contributed by atoms with Gasteiger partial charge in [0.15, 0.2) is 5.69 Å². The maximum atomic E-state index is 13.6. The molecule has 4 rings (SSSR count). The van der Waals surface area contributed by atoms with Crippen LogP contribution in [0.1, 0.15) is 57.0 Å². The van der Waals surface area contributed by atoms with Crippen molar-refractivity contribution in [3.63, 3.8) is 0 Å². The van der Waals surface area contributed by atoms with Gasteiger partial charge in [-0.25, -0.2) is 27.2 Å². The Bertz CT molecular complexity index is 1030. The first-order valence-electron chi connectivity index (χ1n) is 10.1. The van der Waals surface area contributed by atoms with Gasteiger partial charge in [-0.3, -0.25) is 0 Å². The van der Waals surface area contributed by atoms with Crippen LogP contribution in [0.3, 0.4) is 0 Å². The molecule has 2 aromatic rings. The molecule has 2 aromatic heterocycles. The second-order valence-electron chi connectivity index (χ2n) is 8.23. The largest absolute Gasteiger partial charge is 0.435 e. The highest BCUT2D eigenvalue weighted by molar-refractivity contribution is 7.88. The van der Waals surface area contributed by atoms with Crippen molar-refractivity contribution in [1.82, 2.24) is 23.9 Å². The molecule has 0 spiro atoms. The van der Waals surface area contributed by atoms with Crippen LogP contribution in [0.4, 0.5) is 19.1 Å². The van der Waals surface area contributed by atoms with Gasteiger partial charge in [-0.2, -0.15) is 13.2 Å². The van der Waals surface area contributed by atoms with E-state index in [2.05, 4.69) is 20.4 Å². The molecule has 2 fully saturated rings. The molecule has 0 aromatic carbocycles. The third-order valence-corrected chi connectivity index (χ3v) is 7.68. The Morgan fingerprint density at radius 1 is 1.27 bits per heavy atom. The van der Waals surface area contributed by atoms with Crippen molar-refractivity contribution in [2.24, 2.45) is 0 Å². The van der Waals surface area contributed by atoms with E-state index in [0.29, 0.717) is 38.2 Å². The molecule has 30 heavy (non-hydrogen) atoms. The molecule has 1 aliphatic carbocycles. The average molecular weight is 446 g/mol. The number of nitrogens with zero attached hydrogens (tertiary/aromatic N) is 5. The quantitative estimate of drug-likeness (QED) is 0.759. The van der Waals surface area contributed by atoms with Crippen molar-refractivity contribution < 1.29 is 21.6 Å². The summed E-state index contributed by atoms with van der Waals surface area (Å²) in [4.78, 5) is 8.08. The van der Waals surface area contributed by atoms with Crippen LogP contribution in [0.25, 0.3) is 5.52 Å². The number of hydrogen-bond donors (Lipinski definition) is 1. The molecule has 0 atom stereocenters. The Hall–Kier alpha value is -1.95. The molecule has 0 unspecified atom stereocenters. The fourth-order valence-corrected chi connectivity index (χ4v) is 5.23. The van der Waals surface area contributed by atoms with Crippen molar-refractivity contribution in [2.45, 2.75) is 63.1 Å². The molecular formula is C18H25F3N6O2S. The van der Waals surface area contributed by atoms with Gasteiger partial charge in [0.1, 0.15) is 11.3 Å². The second kappa shape index (κ2) is 7.33. The number of aromatic nitrogens is 4. The number of hydrogen-bond acceptors (Lipinski definition) is 6. The lowest BCUT2D eigenvalue weighted by atomic mass is 9.66. The normalized spacial score (nSPS) is 21.0. The van der Waals surface area contributed by atoms with Crippen LogP contribution in [0.5, 0.6) is 0 Å². The van der Waals surface area contributed by atoms with E-state index in [-0.39, 0.29) is 17.5 Å². The predicted molar refractivity (Wildman–Crippen MR) is 105 cm³/mol. The van der Waals surface area contributed by atoms with E-state index < -0.39 is 27.3 Å². The van der Waals surface area contributed by atoms with E-state index in [1.54, 1.807) is 0 Å². The van der Waals surface area contributed by atoms with Crippen LogP contribution in [0, 0.1) is 0 Å². The van der Waals surface area contributed by atoms with Crippen LogP contribution in [-0.2, 0) is 21.6 Å². The fraction of sp³-hybridized carbons (Fsp3) is 0.722. The topological polar surface area (TPSA) is 92.5 Å². The Balaban J connectivity index is 1.64. The van der Waals surface area contributed by atoms with E-state index in [0.717, 1.165) is 19.3 Å². The Morgan fingerprint density at radius 2 is 1.93 bits per heavy atom. The summed E-state index contributed by atoms with van der Waals surface area (Å²) in [5, 5.41) is 7.52. The summed E-state index contributed by atoms with van der Waals surface area (Å²) in [6, 6.07) is -0.0571. The van der Waals surface area contributed by atoms with Gasteiger partial charge in [0.05, 0.1) is 12.5 Å². The van der Waals surface area contributed by atoms with Gasteiger partial charge < -0.3 is 5.32 Å². The zero-order valence-electron chi connectivity index (χ0n) is 16.9. The summed E-state index contributed by atoms with van der Waals surface area (Å²) in [6.07, 6.45) is 2.13. The maximum Gasteiger partial charge on any atom is 0.435 e. The maximum absolute atomic E-state index is 13.6. The summed E-state index contributed by atoms with van der Waals surface area (Å²) >= 11 is 0. The summed E-state index contributed by atoms with van der Waals surface area (Å²) < 4.78 is 66.7. The van der Waals surface area contributed by atoms with E-state index in [4.69, 9.17) is 0 Å². The van der Waals surface area contributed by atoms with Gasteiger partial charge in [0.2, 0.25) is 16.0 Å². The van der Waals surface area contributed by atoms with E-state index >= 15 is 0 Å². The Labute approximate surface area is 172 Å². The van der Waals surface area contributed by atoms with E-state index in [1.165, 1.54) is 21.3 Å². The monoisotopic (exact) mass is 446 g/mol. The average Bonchev–Trinajstić information content (AvgIpc) is 3.01. The SMILES string of the molecule is CCC1(c2nc(C(F)(F)F)c3cnc(NC4CCN(S(C)(=O)=O)CC4)nn23)CCC1. The van der Waals surface area contributed by atoms with Crippen LogP contribution in [0.15, 0.2) is 6.20 Å².